The van der Waals surface area contributed by atoms with E-state index in [-0.39, 0.29) is 6.09 Å². The Labute approximate surface area is 117 Å². The molecule has 0 bridgehead atoms. The average Bonchev–Trinajstić information content (AvgIpc) is 2.71. The van der Waals surface area contributed by atoms with Crippen molar-refractivity contribution in [2.24, 2.45) is 5.41 Å². The summed E-state index contributed by atoms with van der Waals surface area (Å²) in [5, 5.41) is 0. The van der Waals surface area contributed by atoms with Crippen molar-refractivity contribution in [3.8, 4) is 0 Å². The monoisotopic (exact) mass is 268 g/mol. The second kappa shape index (κ2) is 5.31. The molecule has 2 rings (SSSR count). The molecule has 1 spiro atoms. The van der Waals surface area contributed by atoms with Gasteiger partial charge in [-0.15, -0.1) is 0 Å². The lowest BCUT2D eigenvalue weighted by Gasteiger charge is -2.39. The summed E-state index contributed by atoms with van der Waals surface area (Å²) in [7, 11) is 0. The zero-order chi connectivity index (χ0) is 14.1. The van der Waals surface area contributed by atoms with Crippen molar-refractivity contribution in [1.29, 1.82) is 0 Å². The molecule has 1 amide bonds. The van der Waals surface area contributed by atoms with Crippen molar-refractivity contribution >= 4 is 6.09 Å². The third-order valence-electron chi connectivity index (χ3n) is 4.44. The van der Waals surface area contributed by atoms with Gasteiger partial charge in [-0.2, -0.15) is 0 Å². The van der Waals surface area contributed by atoms with Crippen molar-refractivity contribution in [2.75, 3.05) is 32.7 Å². The molecule has 2 aliphatic rings. The molecule has 0 aromatic heterocycles. The minimum atomic E-state index is -0.390. The van der Waals surface area contributed by atoms with Gasteiger partial charge in [0.2, 0.25) is 0 Å². The molecule has 2 heterocycles. The quantitative estimate of drug-likeness (QED) is 0.733. The highest BCUT2D eigenvalue weighted by atomic mass is 16.6. The van der Waals surface area contributed by atoms with Crippen molar-refractivity contribution < 1.29 is 9.53 Å². The minimum absolute atomic E-state index is 0.146. The van der Waals surface area contributed by atoms with Crippen LogP contribution in [-0.4, -0.2) is 54.2 Å². The lowest BCUT2D eigenvalue weighted by molar-refractivity contribution is 0.0110. The van der Waals surface area contributed by atoms with Crippen LogP contribution in [0.25, 0.3) is 0 Å². The molecule has 0 radical (unpaired) electrons. The summed E-state index contributed by atoms with van der Waals surface area (Å²) >= 11 is 0. The van der Waals surface area contributed by atoms with Crippen LogP contribution < -0.4 is 0 Å². The van der Waals surface area contributed by atoms with E-state index in [2.05, 4.69) is 11.8 Å². The molecule has 19 heavy (non-hydrogen) atoms. The molecule has 0 aromatic carbocycles. The summed E-state index contributed by atoms with van der Waals surface area (Å²) in [6.45, 7) is 13.3. The summed E-state index contributed by atoms with van der Waals surface area (Å²) in [6.07, 6.45) is 3.40. The molecule has 0 N–H and O–H groups in total. The van der Waals surface area contributed by atoms with Gasteiger partial charge in [-0.3, -0.25) is 0 Å². The van der Waals surface area contributed by atoms with Gasteiger partial charge in [-0.25, -0.2) is 4.79 Å². The topological polar surface area (TPSA) is 32.8 Å². The molecule has 0 saturated carbocycles. The van der Waals surface area contributed by atoms with Crippen LogP contribution in [0.2, 0.25) is 0 Å². The van der Waals surface area contributed by atoms with Crippen molar-refractivity contribution in [2.45, 2.75) is 52.6 Å². The van der Waals surface area contributed by atoms with Crippen molar-refractivity contribution in [3.63, 3.8) is 0 Å². The number of likely N-dealkylation sites (tertiary alicyclic amines) is 2. The van der Waals surface area contributed by atoms with Crippen LogP contribution in [0, 0.1) is 5.41 Å². The van der Waals surface area contributed by atoms with Crippen molar-refractivity contribution in [1.82, 2.24) is 9.80 Å². The molecule has 110 valence electrons. The maximum absolute atomic E-state index is 12.0. The normalized spacial score (nSPS) is 23.9. The minimum Gasteiger partial charge on any atom is -0.444 e. The highest BCUT2D eigenvalue weighted by Gasteiger charge is 2.41. The summed E-state index contributed by atoms with van der Waals surface area (Å²) in [6, 6.07) is 0. The van der Waals surface area contributed by atoms with Crippen molar-refractivity contribution in [3.05, 3.63) is 0 Å². The number of rotatable bonds is 1. The molecular weight excluding hydrogens is 240 g/mol. The van der Waals surface area contributed by atoms with E-state index in [0.29, 0.717) is 5.41 Å². The first-order valence-electron chi connectivity index (χ1n) is 7.54. The molecule has 2 saturated heterocycles. The molecule has 0 atom stereocenters. The predicted octanol–water partition coefficient (Wildman–Crippen LogP) is 2.73. The Morgan fingerprint density at radius 3 is 2.21 bits per heavy atom. The Hall–Kier alpha value is -0.770. The van der Waals surface area contributed by atoms with E-state index in [1.807, 2.05) is 25.7 Å². The third-order valence-corrected chi connectivity index (χ3v) is 4.44. The van der Waals surface area contributed by atoms with Crippen LogP contribution in [0.3, 0.4) is 0 Å². The fourth-order valence-corrected chi connectivity index (χ4v) is 3.20. The van der Waals surface area contributed by atoms with Crippen LogP contribution in [-0.2, 0) is 4.74 Å². The molecule has 0 aliphatic carbocycles. The Bertz CT molecular complexity index is 328. The van der Waals surface area contributed by atoms with Gasteiger partial charge in [0.1, 0.15) is 5.60 Å². The summed E-state index contributed by atoms with van der Waals surface area (Å²) in [4.78, 5) is 16.4. The maximum Gasteiger partial charge on any atom is 0.410 e. The van der Waals surface area contributed by atoms with E-state index in [1.165, 1.54) is 19.5 Å². The summed E-state index contributed by atoms with van der Waals surface area (Å²) < 4.78 is 5.45. The number of piperidine rings is 1. The van der Waals surface area contributed by atoms with E-state index in [9.17, 15) is 4.79 Å². The number of ether oxygens (including phenoxy) is 1. The third kappa shape index (κ3) is 3.62. The average molecular weight is 268 g/mol. The van der Waals surface area contributed by atoms with Gasteiger partial charge in [-0.1, -0.05) is 6.92 Å². The van der Waals surface area contributed by atoms with Crippen LogP contribution in [0.5, 0.6) is 0 Å². The SMILES string of the molecule is CCN1CCC2(CCN(C(=O)OC(C)(C)C)CC2)C1. The van der Waals surface area contributed by atoms with E-state index in [4.69, 9.17) is 4.74 Å². The van der Waals surface area contributed by atoms with Crippen LogP contribution in [0.1, 0.15) is 47.0 Å². The van der Waals surface area contributed by atoms with E-state index in [0.717, 1.165) is 32.5 Å². The number of nitrogens with zero attached hydrogens (tertiary/aromatic N) is 2. The zero-order valence-corrected chi connectivity index (χ0v) is 12.9. The maximum atomic E-state index is 12.0. The molecule has 4 heteroatoms. The zero-order valence-electron chi connectivity index (χ0n) is 12.9. The molecule has 2 fully saturated rings. The highest BCUT2D eigenvalue weighted by Crippen LogP contribution is 2.40. The van der Waals surface area contributed by atoms with Gasteiger partial charge in [0.25, 0.3) is 0 Å². The van der Waals surface area contributed by atoms with Crippen LogP contribution in [0.4, 0.5) is 4.79 Å². The van der Waals surface area contributed by atoms with Gasteiger partial charge < -0.3 is 14.5 Å². The number of amides is 1. The standard InChI is InChI=1S/C15H28N2O2/c1-5-16-9-6-15(12-16)7-10-17(11-8-15)13(18)19-14(2,3)4/h5-12H2,1-4H3. The largest absolute Gasteiger partial charge is 0.444 e. The lowest BCUT2D eigenvalue weighted by Crippen LogP contribution is -2.46. The second-order valence-corrected chi connectivity index (χ2v) is 7.09. The number of carbonyl (C=O) groups is 1. The highest BCUT2D eigenvalue weighted by molar-refractivity contribution is 5.68. The van der Waals surface area contributed by atoms with Gasteiger partial charge >= 0.3 is 6.09 Å². The molecule has 2 aliphatic heterocycles. The molecule has 4 nitrogen and oxygen atoms in total. The fraction of sp³-hybridized carbons (Fsp3) is 0.933. The smallest absolute Gasteiger partial charge is 0.410 e. The van der Waals surface area contributed by atoms with E-state index < -0.39 is 5.60 Å². The van der Waals surface area contributed by atoms with Gasteiger partial charge in [0.15, 0.2) is 0 Å². The Morgan fingerprint density at radius 2 is 1.74 bits per heavy atom. The van der Waals surface area contributed by atoms with E-state index in [1.54, 1.807) is 0 Å². The van der Waals surface area contributed by atoms with E-state index >= 15 is 0 Å². The summed E-state index contributed by atoms with van der Waals surface area (Å²) in [5.41, 5.74) is 0.0765. The van der Waals surface area contributed by atoms with Crippen LogP contribution in [0.15, 0.2) is 0 Å². The van der Waals surface area contributed by atoms with Gasteiger partial charge in [-0.05, 0) is 58.5 Å². The summed E-state index contributed by atoms with van der Waals surface area (Å²) in [5.74, 6) is 0. The van der Waals surface area contributed by atoms with Gasteiger partial charge in [0, 0.05) is 19.6 Å². The molecular formula is C15H28N2O2. The predicted molar refractivity (Wildman–Crippen MR) is 76.2 cm³/mol. The molecule has 0 unspecified atom stereocenters. The number of hydrogen-bond donors (Lipinski definition) is 0. The fourth-order valence-electron chi connectivity index (χ4n) is 3.20. The lowest BCUT2D eigenvalue weighted by atomic mass is 9.78. The first-order chi connectivity index (χ1) is 8.84. The first-order valence-corrected chi connectivity index (χ1v) is 7.54. The molecule has 0 aromatic rings. The second-order valence-electron chi connectivity index (χ2n) is 7.09. The number of hydrogen-bond acceptors (Lipinski definition) is 3. The van der Waals surface area contributed by atoms with Crippen LogP contribution >= 0.6 is 0 Å². The number of carbonyl (C=O) groups excluding carboxylic acids is 1. The first kappa shape index (κ1) is 14.6. The Kier molecular flexibility index (Phi) is 4.09. The van der Waals surface area contributed by atoms with Gasteiger partial charge in [0.05, 0.1) is 0 Å². The Morgan fingerprint density at radius 1 is 1.16 bits per heavy atom. The Balaban J connectivity index is 1.84.